The topological polar surface area (TPSA) is 196 Å². The van der Waals surface area contributed by atoms with Crippen molar-refractivity contribution in [2.75, 3.05) is 18.7 Å². The van der Waals surface area contributed by atoms with Crippen LogP contribution < -0.4 is 20.5 Å². The standard InChI is InChI=1S/C32H36ClF3N7O8P/c1-30(46)24(14-43-18-40-25-27(42(2)37)38-17-39-28(25)43)50-23(26(30)44)16-49-52(47,51-21-10-8-20(33)9-11-21)41-31(12-5-13-31)29(45)48-15-19-6-3-4-7-22(19)32(34,35)36/h3-4,6-11,17-18,23-24,26,44,46H,5,12-16,37H2,1-2H3,(H,41,47)/t23?,24?,26-,30+,52?/m1/s1. The lowest BCUT2D eigenvalue weighted by Crippen LogP contribution is -2.57. The Kier molecular flexibility index (Phi) is 10.6. The first-order chi connectivity index (χ1) is 24.5. The minimum atomic E-state index is -4.67. The number of rotatable bonds is 13. The number of carbonyl (C=O) groups is 1. The van der Waals surface area contributed by atoms with E-state index in [0.717, 1.165) is 6.07 Å². The summed E-state index contributed by atoms with van der Waals surface area (Å²) >= 11 is 6.00. The van der Waals surface area contributed by atoms with Crippen LogP contribution in [0, 0.1) is 0 Å². The Bertz CT molecular complexity index is 1960. The van der Waals surface area contributed by atoms with Crippen LogP contribution in [0.15, 0.2) is 61.2 Å². The number of esters is 1. The summed E-state index contributed by atoms with van der Waals surface area (Å²) in [5.41, 5.74) is -3.91. The first-order valence-corrected chi connectivity index (χ1v) is 17.9. The van der Waals surface area contributed by atoms with Crippen LogP contribution in [0.2, 0.25) is 5.02 Å². The average molecular weight is 770 g/mol. The fourth-order valence-corrected chi connectivity index (χ4v) is 7.90. The highest BCUT2D eigenvalue weighted by molar-refractivity contribution is 7.52. The third-order valence-corrected chi connectivity index (χ3v) is 11.0. The van der Waals surface area contributed by atoms with E-state index >= 15 is 0 Å². The van der Waals surface area contributed by atoms with Gasteiger partial charge < -0.3 is 28.8 Å². The number of hydrogen-bond acceptors (Lipinski definition) is 13. The second-order valence-electron chi connectivity index (χ2n) is 12.8. The van der Waals surface area contributed by atoms with Crippen molar-refractivity contribution in [1.82, 2.24) is 24.6 Å². The molecule has 1 aliphatic carbocycles. The number of imidazole rings is 1. The van der Waals surface area contributed by atoms with Crippen molar-refractivity contribution in [2.45, 2.75) is 75.0 Å². The molecule has 0 amide bonds. The number of alkyl halides is 3. The Morgan fingerprint density at radius 3 is 2.56 bits per heavy atom. The summed E-state index contributed by atoms with van der Waals surface area (Å²) in [6, 6.07) is 10.5. The molecule has 5 N–H and O–H groups in total. The van der Waals surface area contributed by atoms with E-state index in [9.17, 15) is 32.7 Å². The van der Waals surface area contributed by atoms with Gasteiger partial charge >= 0.3 is 19.9 Å². The van der Waals surface area contributed by atoms with Gasteiger partial charge in [-0.1, -0.05) is 29.8 Å². The number of nitrogens with two attached hydrogens (primary N) is 1. The van der Waals surface area contributed by atoms with E-state index < -0.39 is 68.1 Å². The van der Waals surface area contributed by atoms with Crippen molar-refractivity contribution in [3.8, 4) is 5.75 Å². The highest BCUT2D eigenvalue weighted by Crippen LogP contribution is 2.51. The molecule has 3 unspecified atom stereocenters. The lowest BCUT2D eigenvalue weighted by Gasteiger charge is -2.41. The van der Waals surface area contributed by atoms with Gasteiger partial charge in [0.1, 0.15) is 48.1 Å². The SMILES string of the molecule is CN(N)c1ncnc2c1ncn2CC1OC(COP(=O)(NC2(C(=O)OCc3ccccc3C(F)(F)F)CCC2)Oc2ccc(Cl)cc2)[C@@H](O)[C@@]1(C)O. The number of aliphatic hydroxyl groups is 2. The number of benzene rings is 2. The molecular formula is C32H36ClF3N7O8P. The maximum Gasteiger partial charge on any atom is 0.459 e. The highest BCUT2D eigenvalue weighted by atomic mass is 35.5. The lowest BCUT2D eigenvalue weighted by atomic mass is 9.78. The molecule has 52 heavy (non-hydrogen) atoms. The number of anilines is 1. The van der Waals surface area contributed by atoms with E-state index in [1.807, 2.05) is 0 Å². The zero-order chi connectivity index (χ0) is 37.5. The number of aromatic nitrogens is 4. The van der Waals surface area contributed by atoms with Crippen molar-refractivity contribution in [2.24, 2.45) is 5.84 Å². The number of nitrogens with zero attached hydrogens (tertiary/aromatic N) is 5. The van der Waals surface area contributed by atoms with Gasteiger partial charge in [0.05, 0.1) is 25.0 Å². The summed E-state index contributed by atoms with van der Waals surface area (Å²) in [5.74, 6) is 5.30. The fourth-order valence-electron chi connectivity index (χ4n) is 6.03. The fraction of sp³-hybridized carbons (Fsp3) is 0.438. The molecule has 2 aromatic heterocycles. The molecule has 2 aromatic carbocycles. The maximum atomic E-state index is 14.5. The third kappa shape index (κ3) is 7.75. The molecule has 5 atom stereocenters. The number of fused-ring (bicyclic) bond motifs is 1. The van der Waals surface area contributed by atoms with E-state index in [2.05, 4.69) is 20.0 Å². The quantitative estimate of drug-likeness (QED) is 0.0655. The van der Waals surface area contributed by atoms with E-state index in [1.54, 1.807) is 11.6 Å². The zero-order valence-electron chi connectivity index (χ0n) is 27.9. The maximum absolute atomic E-state index is 14.5. The zero-order valence-corrected chi connectivity index (χ0v) is 29.5. The Hall–Kier alpha value is -3.87. The van der Waals surface area contributed by atoms with E-state index in [-0.39, 0.29) is 30.7 Å². The Labute approximate surface area is 300 Å². The first-order valence-electron chi connectivity index (χ1n) is 16.0. The number of ether oxygens (including phenoxy) is 2. The van der Waals surface area contributed by atoms with E-state index in [0.29, 0.717) is 28.4 Å². The van der Waals surface area contributed by atoms with Gasteiger partial charge in [0.25, 0.3) is 0 Å². The van der Waals surface area contributed by atoms with Gasteiger partial charge in [-0.25, -0.2) is 25.4 Å². The van der Waals surface area contributed by atoms with Gasteiger partial charge in [0, 0.05) is 17.6 Å². The molecule has 1 saturated heterocycles. The highest BCUT2D eigenvalue weighted by Gasteiger charge is 2.55. The second kappa shape index (κ2) is 14.5. The summed E-state index contributed by atoms with van der Waals surface area (Å²) in [6.07, 6.45) is -5.05. The number of hydrogen-bond donors (Lipinski definition) is 4. The van der Waals surface area contributed by atoms with Crippen LogP contribution >= 0.6 is 19.3 Å². The van der Waals surface area contributed by atoms with Crippen molar-refractivity contribution in [3.05, 3.63) is 77.3 Å². The van der Waals surface area contributed by atoms with Crippen LogP contribution in [0.3, 0.4) is 0 Å². The first kappa shape index (κ1) is 37.9. The monoisotopic (exact) mass is 769 g/mol. The van der Waals surface area contributed by atoms with Gasteiger partial charge in [-0.2, -0.15) is 18.3 Å². The lowest BCUT2D eigenvalue weighted by molar-refractivity contribution is -0.157. The Morgan fingerprint density at radius 2 is 1.90 bits per heavy atom. The molecule has 0 radical (unpaired) electrons. The second-order valence-corrected chi connectivity index (χ2v) is 14.9. The molecule has 280 valence electrons. The summed E-state index contributed by atoms with van der Waals surface area (Å²) in [4.78, 5) is 26.2. The van der Waals surface area contributed by atoms with E-state index in [1.165, 1.54) is 67.1 Å². The van der Waals surface area contributed by atoms with Crippen molar-refractivity contribution < 1.29 is 51.3 Å². The molecule has 6 rings (SSSR count). The molecule has 1 aliphatic heterocycles. The Balaban J connectivity index is 1.19. The van der Waals surface area contributed by atoms with Crippen LogP contribution in [0.25, 0.3) is 11.2 Å². The third-order valence-electron chi connectivity index (χ3n) is 9.10. The summed E-state index contributed by atoms with van der Waals surface area (Å²) in [7, 11) is -2.98. The molecule has 15 nitrogen and oxygen atoms in total. The minimum absolute atomic E-state index is 0.0224. The molecule has 0 spiro atoms. The van der Waals surface area contributed by atoms with Crippen LogP contribution in [0.5, 0.6) is 5.75 Å². The minimum Gasteiger partial charge on any atom is -0.459 e. The van der Waals surface area contributed by atoms with Crippen molar-refractivity contribution in [1.29, 1.82) is 0 Å². The number of aliphatic hydroxyl groups excluding tert-OH is 1. The number of hydrazine groups is 1. The largest absolute Gasteiger partial charge is 0.459 e. The summed E-state index contributed by atoms with van der Waals surface area (Å²) in [5, 5.41) is 26.8. The molecule has 4 aromatic rings. The van der Waals surface area contributed by atoms with Gasteiger partial charge in [0.15, 0.2) is 17.0 Å². The van der Waals surface area contributed by atoms with Crippen molar-refractivity contribution in [3.63, 3.8) is 0 Å². The molecule has 2 aliphatic rings. The number of halogens is 4. The number of carbonyl (C=O) groups excluding carboxylic acids is 1. The number of nitrogens with one attached hydrogen (secondary N) is 1. The van der Waals surface area contributed by atoms with Gasteiger partial charge in [0.2, 0.25) is 0 Å². The molecular weight excluding hydrogens is 734 g/mol. The van der Waals surface area contributed by atoms with Crippen LogP contribution in [-0.4, -0.2) is 78.8 Å². The van der Waals surface area contributed by atoms with Crippen LogP contribution in [0.1, 0.15) is 37.3 Å². The predicted molar refractivity (Wildman–Crippen MR) is 180 cm³/mol. The molecule has 0 bridgehead atoms. The Morgan fingerprint density at radius 1 is 1.19 bits per heavy atom. The predicted octanol–water partition coefficient (Wildman–Crippen LogP) is 4.15. The van der Waals surface area contributed by atoms with Gasteiger partial charge in [-0.3, -0.25) is 14.3 Å². The van der Waals surface area contributed by atoms with Crippen LogP contribution in [0.4, 0.5) is 19.0 Å². The van der Waals surface area contributed by atoms with E-state index in [4.69, 9.17) is 36.0 Å². The van der Waals surface area contributed by atoms with Gasteiger partial charge in [-0.05, 0) is 56.5 Å². The normalized spacial score (nSPS) is 23.9. The van der Waals surface area contributed by atoms with Gasteiger partial charge in [-0.15, -0.1) is 0 Å². The smallest absolute Gasteiger partial charge is 0.459 e. The molecule has 1 saturated carbocycles. The molecule has 3 heterocycles. The average Bonchev–Trinajstić information content (AvgIpc) is 3.58. The van der Waals surface area contributed by atoms with Crippen molar-refractivity contribution >= 4 is 42.3 Å². The van der Waals surface area contributed by atoms with Crippen LogP contribution in [-0.2, 0) is 42.7 Å². The molecule has 20 heteroatoms. The summed E-state index contributed by atoms with van der Waals surface area (Å²) < 4.78 is 79.7. The molecule has 2 fully saturated rings. The summed E-state index contributed by atoms with van der Waals surface area (Å²) in [6.45, 7) is 0.0617.